The number of aromatic nitrogens is 1. The molecule has 1 amide bonds. The molecule has 0 aliphatic heterocycles. The lowest BCUT2D eigenvalue weighted by Crippen LogP contribution is -2.24. The number of halogens is 2. The van der Waals surface area contributed by atoms with E-state index < -0.39 is 11.6 Å². The van der Waals surface area contributed by atoms with Crippen LogP contribution in [-0.4, -0.2) is 15.6 Å². The number of hydrogen-bond donors (Lipinski definition) is 2. The van der Waals surface area contributed by atoms with Gasteiger partial charge in [-0.2, -0.15) is 0 Å². The van der Waals surface area contributed by atoms with E-state index in [1.807, 2.05) is 37.3 Å². The molecule has 0 radical (unpaired) electrons. The zero-order valence-corrected chi connectivity index (χ0v) is 17.0. The molecule has 0 spiro atoms. The van der Waals surface area contributed by atoms with Crippen LogP contribution in [0.3, 0.4) is 0 Å². The van der Waals surface area contributed by atoms with Gasteiger partial charge in [0.1, 0.15) is 5.75 Å². The number of amides is 1. The van der Waals surface area contributed by atoms with Gasteiger partial charge in [-0.3, -0.25) is 4.79 Å². The molecule has 1 heterocycles. The maximum absolute atomic E-state index is 13.5. The Morgan fingerprint density at radius 1 is 0.968 bits per heavy atom. The summed E-state index contributed by atoms with van der Waals surface area (Å²) in [7, 11) is 0. The van der Waals surface area contributed by atoms with Crippen LogP contribution in [0.25, 0.3) is 10.9 Å². The van der Waals surface area contributed by atoms with Crippen molar-refractivity contribution >= 4 is 16.8 Å². The number of hydrogen-bond acceptors (Lipinski definition) is 2. The summed E-state index contributed by atoms with van der Waals surface area (Å²) < 4.78 is 28.7. The smallest absolute Gasteiger partial charge is 0.254 e. The fourth-order valence-electron chi connectivity index (χ4n) is 3.88. The van der Waals surface area contributed by atoms with Gasteiger partial charge in [-0.05, 0) is 47.9 Å². The normalized spacial score (nSPS) is 11.1. The van der Waals surface area contributed by atoms with Gasteiger partial charge < -0.3 is 15.0 Å². The highest BCUT2D eigenvalue weighted by Gasteiger charge is 2.22. The van der Waals surface area contributed by atoms with Crippen LogP contribution in [0.4, 0.5) is 8.78 Å². The van der Waals surface area contributed by atoms with E-state index in [1.165, 1.54) is 6.07 Å². The zero-order chi connectivity index (χ0) is 22.0. The summed E-state index contributed by atoms with van der Waals surface area (Å²) in [6.45, 7) is 2.62. The summed E-state index contributed by atoms with van der Waals surface area (Å²) in [6.07, 6.45) is 0.607. The van der Waals surface area contributed by atoms with E-state index in [2.05, 4.69) is 9.88 Å². The van der Waals surface area contributed by atoms with Gasteiger partial charge in [-0.15, -0.1) is 0 Å². The number of benzene rings is 3. The summed E-state index contributed by atoms with van der Waals surface area (Å²) in [5.41, 5.74) is 3.72. The molecule has 0 atom stereocenters. The number of aromatic hydroxyl groups is 1. The lowest BCUT2D eigenvalue weighted by molar-refractivity contribution is 0.0951. The van der Waals surface area contributed by atoms with E-state index in [-0.39, 0.29) is 18.2 Å². The van der Waals surface area contributed by atoms with Gasteiger partial charge in [-0.25, -0.2) is 8.78 Å². The van der Waals surface area contributed by atoms with Crippen molar-refractivity contribution in [2.75, 3.05) is 0 Å². The molecule has 0 saturated carbocycles. The van der Waals surface area contributed by atoms with E-state index in [9.17, 15) is 18.7 Å². The van der Waals surface area contributed by atoms with Crippen molar-refractivity contribution in [1.29, 1.82) is 0 Å². The number of carbonyl (C=O) groups excluding carboxylic acids is 1. The summed E-state index contributed by atoms with van der Waals surface area (Å²) in [5.74, 6) is -2.14. The van der Waals surface area contributed by atoms with Crippen LogP contribution >= 0.6 is 0 Å². The highest BCUT2D eigenvalue weighted by Crippen LogP contribution is 2.30. The Labute approximate surface area is 178 Å². The van der Waals surface area contributed by atoms with Crippen LogP contribution in [0, 0.1) is 11.6 Å². The zero-order valence-electron chi connectivity index (χ0n) is 17.0. The van der Waals surface area contributed by atoms with E-state index in [0.717, 1.165) is 28.9 Å². The molecule has 6 heteroatoms. The van der Waals surface area contributed by atoms with Crippen LogP contribution in [0.15, 0.2) is 66.7 Å². The van der Waals surface area contributed by atoms with Crippen molar-refractivity contribution in [3.63, 3.8) is 0 Å². The average molecular weight is 420 g/mol. The lowest BCUT2D eigenvalue weighted by atomic mass is 10.1. The first-order chi connectivity index (χ1) is 15.0. The van der Waals surface area contributed by atoms with E-state index in [4.69, 9.17) is 0 Å². The minimum Gasteiger partial charge on any atom is -0.508 e. The Morgan fingerprint density at radius 3 is 2.45 bits per heavy atom. The Hall–Kier alpha value is -3.67. The summed E-state index contributed by atoms with van der Waals surface area (Å²) in [6, 6.07) is 18.5. The molecule has 3 aromatic carbocycles. The monoisotopic (exact) mass is 420 g/mol. The number of rotatable bonds is 6. The fourth-order valence-corrected chi connectivity index (χ4v) is 3.88. The molecule has 31 heavy (non-hydrogen) atoms. The van der Waals surface area contributed by atoms with Crippen molar-refractivity contribution in [3.8, 4) is 5.75 Å². The lowest BCUT2D eigenvalue weighted by Gasteiger charge is -2.11. The molecule has 0 bridgehead atoms. The molecular weight excluding hydrogens is 398 g/mol. The third kappa shape index (κ3) is 4.14. The van der Waals surface area contributed by atoms with Crippen molar-refractivity contribution in [2.45, 2.75) is 26.4 Å². The maximum Gasteiger partial charge on any atom is 0.254 e. The van der Waals surface area contributed by atoms with Gasteiger partial charge >= 0.3 is 0 Å². The van der Waals surface area contributed by atoms with Crippen LogP contribution in [-0.2, 0) is 19.5 Å². The molecule has 0 saturated heterocycles. The van der Waals surface area contributed by atoms with Crippen molar-refractivity contribution in [3.05, 3.63) is 101 Å². The molecule has 158 valence electrons. The minimum atomic E-state index is -0.953. The second-order valence-electron chi connectivity index (χ2n) is 7.38. The second-order valence-corrected chi connectivity index (χ2v) is 7.38. The second kappa shape index (κ2) is 8.60. The number of carbonyl (C=O) groups is 1. The molecule has 0 fully saturated rings. The van der Waals surface area contributed by atoms with Crippen LogP contribution in [0.5, 0.6) is 5.75 Å². The number of nitrogens with one attached hydrogen (secondary N) is 1. The van der Waals surface area contributed by atoms with Gasteiger partial charge in [0, 0.05) is 29.7 Å². The van der Waals surface area contributed by atoms with Crippen LogP contribution in [0.2, 0.25) is 0 Å². The fraction of sp³-hybridized carbons (Fsp3) is 0.160. The Bertz CT molecular complexity index is 1250. The highest BCUT2D eigenvalue weighted by molar-refractivity contribution is 6.08. The van der Waals surface area contributed by atoms with E-state index in [0.29, 0.717) is 29.5 Å². The third-order valence-corrected chi connectivity index (χ3v) is 5.34. The first kappa shape index (κ1) is 20.6. The van der Waals surface area contributed by atoms with Gasteiger partial charge in [0.15, 0.2) is 11.6 Å². The van der Waals surface area contributed by atoms with Gasteiger partial charge in [0.2, 0.25) is 0 Å². The number of nitrogens with zero attached hydrogens (tertiary/aromatic N) is 1. The Morgan fingerprint density at radius 2 is 1.74 bits per heavy atom. The molecule has 2 N–H and O–H groups in total. The van der Waals surface area contributed by atoms with Crippen molar-refractivity contribution in [2.24, 2.45) is 0 Å². The first-order valence-corrected chi connectivity index (χ1v) is 10.1. The standard InChI is InChI=1S/C25H22F2N2O2/c1-2-22-24(25(31)28-14-17-8-10-20(26)21(27)12-17)19-13-18(30)9-11-23(19)29(22)15-16-6-4-3-5-7-16/h3-13,30H,2,14-15H2,1H3,(H,28,31). The molecule has 4 rings (SSSR count). The summed E-state index contributed by atoms with van der Waals surface area (Å²) in [4.78, 5) is 13.2. The molecule has 0 aliphatic carbocycles. The number of phenolic OH excluding ortho intramolecular Hbond substituents is 1. The third-order valence-electron chi connectivity index (χ3n) is 5.34. The molecule has 1 aromatic heterocycles. The highest BCUT2D eigenvalue weighted by atomic mass is 19.2. The largest absolute Gasteiger partial charge is 0.508 e. The Kier molecular flexibility index (Phi) is 5.71. The van der Waals surface area contributed by atoms with Crippen LogP contribution in [0.1, 0.15) is 34.1 Å². The van der Waals surface area contributed by atoms with Gasteiger partial charge in [-0.1, -0.05) is 43.3 Å². The minimum absolute atomic E-state index is 0.0589. The predicted octanol–water partition coefficient (Wildman–Crippen LogP) is 5.17. The predicted molar refractivity (Wildman–Crippen MR) is 116 cm³/mol. The molecule has 0 unspecified atom stereocenters. The molecule has 0 aliphatic rings. The van der Waals surface area contributed by atoms with E-state index >= 15 is 0 Å². The molecule has 4 aromatic rings. The molecule has 4 nitrogen and oxygen atoms in total. The van der Waals surface area contributed by atoms with Gasteiger partial charge in [0.25, 0.3) is 5.91 Å². The SMILES string of the molecule is CCc1c(C(=O)NCc2ccc(F)c(F)c2)c2cc(O)ccc2n1Cc1ccccc1. The Balaban J connectivity index is 1.72. The average Bonchev–Trinajstić information content (AvgIpc) is 3.07. The maximum atomic E-state index is 13.5. The summed E-state index contributed by atoms with van der Waals surface area (Å²) in [5, 5.41) is 13.5. The first-order valence-electron chi connectivity index (χ1n) is 10.1. The number of fused-ring (bicyclic) bond motifs is 1. The number of phenols is 1. The van der Waals surface area contributed by atoms with Gasteiger partial charge in [0.05, 0.1) is 5.56 Å². The van der Waals surface area contributed by atoms with E-state index in [1.54, 1.807) is 18.2 Å². The van der Waals surface area contributed by atoms with Crippen molar-refractivity contribution < 1.29 is 18.7 Å². The summed E-state index contributed by atoms with van der Waals surface area (Å²) >= 11 is 0. The topological polar surface area (TPSA) is 54.3 Å². The van der Waals surface area contributed by atoms with Crippen molar-refractivity contribution in [1.82, 2.24) is 9.88 Å². The molecular formula is C25H22F2N2O2. The van der Waals surface area contributed by atoms with Crippen LogP contribution < -0.4 is 5.32 Å². The quantitative estimate of drug-likeness (QED) is 0.452.